The van der Waals surface area contributed by atoms with Gasteiger partial charge in [-0.05, 0) is 29.8 Å². The molecule has 0 spiro atoms. The van der Waals surface area contributed by atoms with E-state index >= 15 is 0 Å². The molecule has 4 unspecified atom stereocenters. The average molecular weight is 450 g/mol. The monoisotopic (exact) mass is 450 g/mol. The first-order valence-corrected chi connectivity index (χ1v) is 9.76. The summed E-state index contributed by atoms with van der Waals surface area (Å²) in [5, 5.41) is 69.1. The number of benzene rings is 2. The second kappa shape index (κ2) is 8.45. The molecule has 7 N–H and O–H groups in total. The van der Waals surface area contributed by atoms with Crippen LogP contribution in [0.15, 0.2) is 30.3 Å². The van der Waals surface area contributed by atoms with Crippen molar-refractivity contribution in [2.75, 3.05) is 6.61 Å². The molecule has 0 bridgehead atoms. The Hall–Kier alpha value is -3.09. The number of carbonyl (C=O) groups is 1. The minimum Gasteiger partial charge on any atom is -0.504 e. The summed E-state index contributed by atoms with van der Waals surface area (Å²) in [5.41, 5.74) is 0.474. The van der Waals surface area contributed by atoms with E-state index in [4.69, 9.17) is 14.2 Å². The number of hydrogen-bond acceptors (Lipinski definition) is 11. The van der Waals surface area contributed by atoms with Gasteiger partial charge in [0.25, 0.3) is 0 Å². The van der Waals surface area contributed by atoms with Gasteiger partial charge in [0.2, 0.25) is 12.0 Å². The molecular weight excluding hydrogens is 428 g/mol. The van der Waals surface area contributed by atoms with Gasteiger partial charge >= 0.3 is 0 Å². The minimum atomic E-state index is -1.70. The second-order valence-electron chi connectivity index (χ2n) is 7.59. The van der Waals surface area contributed by atoms with Crippen LogP contribution in [0.1, 0.15) is 28.4 Å². The van der Waals surface area contributed by atoms with Crippen LogP contribution in [0.2, 0.25) is 0 Å². The van der Waals surface area contributed by atoms with Crippen molar-refractivity contribution in [3.8, 4) is 28.7 Å². The van der Waals surface area contributed by atoms with Gasteiger partial charge in [-0.3, -0.25) is 4.79 Å². The summed E-state index contributed by atoms with van der Waals surface area (Å²) in [7, 11) is 0. The number of aromatic hydroxyl groups is 3. The first kappa shape index (κ1) is 22.1. The van der Waals surface area contributed by atoms with Gasteiger partial charge in [0.15, 0.2) is 28.8 Å². The van der Waals surface area contributed by atoms with Gasteiger partial charge in [0.1, 0.15) is 30.5 Å². The standard InChI is InChI=1S/C21H22O11/c22-7-15-16(26)18(28)19(29)21(32-15)31-13-4-2-9-11(24)6-14(30-20(9)17(13)27)8-1-3-10(23)12(25)5-8/h1-5,14-16,18-19,21-23,25-29H,6-7H2/t14?,15?,16-,18?,19?,21-/m1/s1. The smallest absolute Gasteiger partial charge is 0.229 e. The highest BCUT2D eigenvalue weighted by molar-refractivity contribution is 6.01. The Morgan fingerprint density at radius 3 is 2.41 bits per heavy atom. The summed E-state index contributed by atoms with van der Waals surface area (Å²) >= 11 is 0. The number of ether oxygens (including phenoxy) is 3. The molecule has 32 heavy (non-hydrogen) atoms. The van der Waals surface area contributed by atoms with Gasteiger partial charge in [-0.2, -0.15) is 0 Å². The van der Waals surface area contributed by atoms with Gasteiger partial charge in [-0.25, -0.2) is 0 Å². The van der Waals surface area contributed by atoms with Crippen molar-refractivity contribution in [3.63, 3.8) is 0 Å². The molecule has 1 saturated heterocycles. The second-order valence-corrected chi connectivity index (χ2v) is 7.59. The Morgan fingerprint density at radius 1 is 0.969 bits per heavy atom. The maximum absolute atomic E-state index is 12.6. The molecule has 0 aliphatic carbocycles. The summed E-state index contributed by atoms with van der Waals surface area (Å²) < 4.78 is 16.5. The summed E-state index contributed by atoms with van der Waals surface area (Å²) in [6, 6.07) is 6.55. The highest BCUT2D eigenvalue weighted by Gasteiger charge is 2.45. The van der Waals surface area contributed by atoms with Crippen LogP contribution < -0.4 is 9.47 Å². The van der Waals surface area contributed by atoms with Crippen LogP contribution in [0.3, 0.4) is 0 Å². The van der Waals surface area contributed by atoms with Gasteiger partial charge in [-0.1, -0.05) is 6.07 Å². The Labute approximate surface area is 181 Å². The van der Waals surface area contributed by atoms with Crippen molar-refractivity contribution in [2.24, 2.45) is 0 Å². The molecular formula is C21H22O11. The largest absolute Gasteiger partial charge is 0.504 e. The fraction of sp³-hybridized carbons (Fsp3) is 0.381. The van der Waals surface area contributed by atoms with Crippen LogP contribution in [0.4, 0.5) is 0 Å². The number of aliphatic hydroxyl groups is 4. The van der Waals surface area contributed by atoms with Crippen molar-refractivity contribution in [1.29, 1.82) is 0 Å². The Kier molecular flexibility index (Phi) is 5.84. The zero-order valence-electron chi connectivity index (χ0n) is 16.5. The number of phenolic OH excluding ortho intramolecular Hbond substituents is 3. The molecule has 0 aromatic heterocycles. The number of rotatable bonds is 4. The number of carbonyl (C=O) groups excluding carboxylic acids is 1. The molecule has 0 amide bonds. The Bertz CT molecular complexity index is 1020. The van der Waals surface area contributed by atoms with E-state index in [1.807, 2.05) is 0 Å². The zero-order valence-corrected chi connectivity index (χ0v) is 16.5. The lowest BCUT2D eigenvalue weighted by Crippen LogP contribution is -2.60. The molecule has 2 aliphatic heterocycles. The first-order valence-electron chi connectivity index (χ1n) is 9.76. The molecule has 1 fully saturated rings. The van der Waals surface area contributed by atoms with E-state index in [0.29, 0.717) is 5.56 Å². The molecule has 2 heterocycles. The SMILES string of the molecule is O=C1CC(c2ccc(O)c(O)c2)Oc2c1ccc(O[C@@H]1OC(CO)[C@@H](O)C(O)C1O)c2O. The number of fused-ring (bicyclic) bond motifs is 1. The normalized spacial score (nSPS) is 29.8. The van der Waals surface area contributed by atoms with E-state index in [0.717, 1.165) is 0 Å². The zero-order chi connectivity index (χ0) is 23.2. The molecule has 11 nitrogen and oxygen atoms in total. The molecule has 2 aromatic carbocycles. The van der Waals surface area contributed by atoms with Gasteiger partial charge < -0.3 is 50.0 Å². The quantitative estimate of drug-likeness (QED) is 0.303. The van der Waals surface area contributed by atoms with Crippen LogP contribution in [-0.4, -0.2) is 78.8 Å². The molecule has 2 aliphatic rings. The van der Waals surface area contributed by atoms with Crippen molar-refractivity contribution in [1.82, 2.24) is 0 Å². The van der Waals surface area contributed by atoms with Crippen LogP contribution in [0.25, 0.3) is 0 Å². The lowest BCUT2D eigenvalue weighted by molar-refractivity contribution is -0.277. The fourth-order valence-corrected chi connectivity index (χ4v) is 3.67. The van der Waals surface area contributed by atoms with E-state index in [1.54, 1.807) is 0 Å². The maximum Gasteiger partial charge on any atom is 0.229 e. The lowest BCUT2D eigenvalue weighted by Gasteiger charge is -2.39. The summed E-state index contributed by atoms with van der Waals surface area (Å²) in [4.78, 5) is 12.6. The van der Waals surface area contributed by atoms with E-state index in [1.165, 1.54) is 30.3 Å². The predicted molar refractivity (Wildman–Crippen MR) is 105 cm³/mol. The third-order valence-electron chi connectivity index (χ3n) is 5.49. The van der Waals surface area contributed by atoms with Gasteiger partial charge in [0, 0.05) is 0 Å². The van der Waals surface area contributed by atoms with Crippen LogP contribution >= 0.6 is 0 Å². The molecule has 172 valence electrons. The molecule has 6 atom stereocenters. The number of ketones is 1. The summed E-state index contributed by atoms with van der Waals surface area (Å²) in [6.45, 7) is -0.653. The van der Waals surface area contributed by atoms with Crippen molar-refractivity contribution < 1.29 is 54.8 Å². The van der Waals surface area contributed by atoms with Crippen LogP contribution in [0, 0.1) is 0 Å². The van der Waals surface area contributed by atoms with E-state index in [9.17, 15) is 40.5 Å². The fourth-order valence-electron chi connectivity index (χ4n) is 3.67. The van der Waals surface area contributed by atoms with E-state index in [2.05, 4.69) is 0 Å². The van der Waals surface area contributed by atoms with Crippen LogP contribution in [0.5, 0.6) is 28.7 Å². The summed E-state index contributed by atoms with van der Waals surface area (Å²) in [5.74, 6) is -2.09. The molecule has 11 heteroatoms. The Balaban J connectivity index is 1.61. The maximum atomic E-state index is 12.6. The van der Waals surface area contributed by atoms with E-state index in [-0.39, 0.29) is 35.0 Å². The topological polar surface area (TPSA) is 186 Å². The number of aliphatic hydroxyl groups excluding tert-OH is 4. The number of Topliss-reactive ketones (excluding diaryl/α,β-unsaturated/α-hetero) is 1. The Morgan fingerprint density at radius 2 is 1.72 bits per heavy atom. The summed E-state index contributed by atoms with van der Waals surface area (Å²) in [6.07, 6.45) is -8.64. The molecule has 2 aromatic rings. The number of phenols is 3. The van der Waals surface area contributed by atoms with E-state index < -0.39 is 54.9 Å². The van der Waals surface area contributed by atoms with Gasteiger partial charge in [-0.15, -0.1) is 0 Å². The van der Waals surface area contributed by atoms with Crippen molar-refractivity contribution >= 4 is 5.78 Å². The minimum absolute atomic E-state index is 0.0798. The lowest BCUT2D eigenvalue weighted by atomic mass is 9.95. The van der Waals surface area contributed by atoms with Crippen LogP contribution in [-0.2, 0) is 4.74 Å². The first-order chi connectivity index (χ1) is 15.2. The molecule has 0 saturated carbocycles. The third kappa shape index (κ3) is 3.80. The molecule has 4 rings (SSSR count). The van der Waals surface area contributed by atoms with Crippen molar-refractivity contribution in [3.05, 3.63) is 41.5 Å². The third-order valence-corrected chi connectivity index (χ3v) is 5.49. The van der Waals surface area contributed by atoms with Gasteiger partial charge in [0.05, 0.1) is 18.6 Å². The number of hydrogen-bond donors (Lipinski definition) is 7. The highest BCUT2D eigenvalue weighted by Crippen LogP contribution is 2.46. The predicted octanol–water partition coefficient (Wildman–Crippen LogP) is -0.311. The average Bonchev–Trinajstić information content (AvgIpc) is 2.77. The van der Waals surface area contributed by atoms with Crippen molar-refractivity contribution in [2.45, 2.75) is 43.2 Å². The highest BCUT2D eigenvalue weighted by atomic mass is 16.7. The molecule has 0 radical (unpaired) electrons.